The average Bonchev–Trinajstić information content (AvgIpc) is 2.40. The summed E-state index contributed by atoms with van der Waals surface area (Å²) in [4.78, 5) is 12.6. The smallest absolute Gasteiger partial charge is 0.175 e. The van der Waals surface area contributed by atoms with E-state index in [4.69, 9.17) is 0 Å². The summed E-state index contributed by atoms with van der Waals surface area (Å²) in [6.45, 7) is 0. The predicted octanol–water partition coefficient (Wildman–Crippen LogP) is 4.20. The van der Waals surface area contributed by atoms with E-state index >= 15 is 0 Å². The quantitative estimate of drug-likeness (QED) is 0.719. The summed E-state index contributed by atoms with van der Waals surface area (Å²) in [5.41, 5.74) is 0.577. The third-order valence-corrected chi connectivity index (χ3v) is 4.88. The van der Waals surface area contributed by atoms with Gasteiger partial charge in [0.15, 0.2) is 5.78 Å². The van der Waals surface area contributed by atoms with Crippen LogP contribution in [0.4, 0.5) is 0 Å². The van der Waals surface area contributed by atoms with Gasteiger partial charge in [-0.3, -0.25) is 9.00 Å². The van der Waals surface area contributed by atoms with E-state index in [-0.39, 0.29) is 11.5 Å². The maximum absolute atomic E-state index is 12.1. The average molecular weight is 402 g/mol. The van der Waals surface area contributed by atoms with Crippen molar-refractivity contribution >= 4 is 48.4 Å². The van der Waals surface area contributed by atoms with E-state index in [1.165, 1.54) is 0 Å². The Hall–Kier alpha value is -0.780. The van der Waals surface area contributed by atoms with E-state index in [2.05, 4.69) is 31.9 Å². The van der Waals surface area contributed by atoms with Crippen molar-refractivity contribution in [3.05, 3.63) is 63.0 Å². The highest BCUT2D eigenvalue weighted by molar-refractivity contribution is 9.10. The van der Waals surface area contributed by atoms with Crippen molar-refractivity contribution in [3.63, 3.8) is 0 Å². The first kappa shape index (κ1) is 14.6. The molecule has 0 heterocycles. The van der Waals surface area contributed by atoms with Crippen molar-refractivity contribution in [1.82, 2.24) is 0 Å². The summed E-state index contributed by atoms with van der Waals surface area (Å²) in [5.74, 6) is -0.114. The Balaban J connectivity index is 2.08. The molecule has 1 unspecified atom stereocenters. The van der Waals surface area contributed by atoms with Crippen molar-refractivity contribution in [2.75, 3.05) is 5.75 Å². The summed E-state index contributed by atoms with van der Waals surface area (Å²) in [6, 6.07) is 14.2. The Bertz CT molecular complexity index is 551. The molecule has 0 radical (unpaired) electrons. The lowest BCUT2D eigenvalue weighted by molar-refractivity contribution is 0.102. The highest BCUT2D eigenvalue weighted by Gasteiger charge is 2.12. The molecule has 19 heavy (non-hydrogen) atoms. The molecule has 0 fully saturated rings. The lowest BCUT2D eigenvalue weighted by Crippen LogP contribution is -2.10. The van der Waals surface area contributed by atoms with Crippen LogP contribution in [0.5, 0.6) is 0 Å². The third kappa shape index (κ3) is 4.09. The van der Waals surface area contributed by atoms with Gasteiger partial charge in [-0.2, -0.15) is 0 Å². The molecule has 0 N–H and O–H groups in total. The van der Waals surface area contributed by atoms with E-state index in [1.807, 2.05) is 12.1 Å². The van der Waals surface area contributed by atoms with Crippen LogP contribution in [0.25, 0.3) is 0 Å². The van der Waals surface area contributed by atoms with E-state index in [1.54, 1.807) is 36.4 Å². The van der Waals surface area contributed by atoms with Crippen LogP contribution in [0.3, 0.4) is 0 Å². The molecule has 0 saturated carbocycles. The fraction of sp³-hybridized carbons (Fsp3) is 0.0714. The summed E-state index contributed by atoms with van der Waals surface area (Å²) < 4.78 is 13.9. The number of rotatable bonds is 4. The Morgan fingerprint density at radius 3 is 1.89 bits per heavy atom. The molecular weight excluding hydrogens is 392 g/mol. The lowest BCUT2D eigenvalue weighted by atomic mass is 10.2. The van der Waals surface area contributed by atoms with Crippen molar-refractivity contribution in [2.45, 2.75) is 4.90 Å². The molecule has 2 aromatic rings. The number of ketones is 1. The number of carbonyl (C=O) groups excluding carboxylic acids is 1. The van der Waals surface area contributed by atoms with Gasteiger partial charge in [0.05, 0.1) is 16.6 Å². The molecule has 0 aliphatic rings. The lowest BCUT2D eigenvalue weighted by Gasteiger charge is -2.03. The fourth-order valence-corrected chi connectivity index (χ4v) is 3.05. The van der Waals surface area contributed by atoms with Gasteiger partial charge in [-0.05, 0) is 36.4 Å². The molecule has 1 atom stereocenters. The highest BCUT2D eigenvalue weighted by atomic mass is 79.9. The molecule has 0 aliphatic heterocycles. The standard InChI is InChI=1S/C14H10Br2O2S/c15-11-3-1-10(2-4-11)14(17)9-19(18)13-7-5-12(16)6-8-13/h1-8H,9H2. The Morgan fingerprint density at radius 2 is 1.37 bits per heavy atom. The van der Waals surface area contributed by atoms with Crippen molar-refractivity contribution in [3.8, 4) is 0 Å². The van der Waals surface area contributed by atoms with Gasteiger partial charge < -0.3 is 0 Å². The summed E-state index contributed by atoms with van der Waals surface area (Å²) in [6.07, 6.45) is 0. The summed E-state index contributed by atoms with van der Waals surface area (Å²) in [7, 11) is -1.31. The molecular formula is C14H10Br2O2S. The molecule has 0 bridgehead atoms. The molecule has 2 nitrogen and oxygen atoms in total. The van der Waals surface area contributed by atoms with Gasteiger partial charge in [-0.25, -0.2) is 0 Å². The summed E-state index contributed by atoms with van der Waals surface area (Å²) >= 11 is 6.63. The van der Waals surface area contributed by atoms with Crippen LogP contribution in [0.15, 0.2) is 62.4 Å². The minimum Gasteiger partial charge on any atom is -0.293 e. The molecule has 5 heteroatoms. The van der Waals surface area contributed by atoms with Crippen LogP contribution in [0.1, 0.15) is 10.4 Å². The number of Topliss-reactive ketones (excluding diaryl/α,β-unsaturated/α-hetero) is 1. The largest absolute Gasteiger partial charge is 0.293 e. The Kier molecular flexibility index (Phi) is 5.07. The van der Waals surface area contributed by atoms with Crippen molar-refractivity contribution in [1.29, 1.82) is 0 Å². The number of halogens is 2. The molecule has 0 amide bonds. The van der Waals surface area contributed by atoms with Gasteiger partial charge in [0, 0.05) is 19.4 Å². The van der Waals surface area contributed by atoms with Gasteiger partial charge in [0.2, 0.25) is 0 Å². The normalized spacial score (nSPS) is 12.1. The first-order valence-corrected chi connectivity index (χ1v) is 8.39. The molecule has 0 aromatic heterocycles. The second-order valence-corrected chi connectivity index (χ2v) is 7.16. The minimum absolute atomic E-state index is 0.00324. The number of hydrogen-bond donors (Lipinski definition) is 0. The van der Waals surface area contributed by atoms with E-state index in [0.29, 0.717) is 10.5 Å². The second-order valence-electron chi connectivity index (χ2n) is 3.87. The molecule has 0 saturated heterocycles. The number of benzene rings is 2. The first-order chi connectivity index (χ1) is 9.06. The predicted molar refractivity (Wildman–Crippen MR) is 83.9 cm³/mol. The minimum atomic E-state index is -1.31. The van der Waals surface area contributed by atoms with Crippen molar-refractivity contribution in [2.24, 2.45) is 0 Å². The number of carbonyl (C=O) groups is 1. The molecule has 0 aliphatic carbocycles. The summed E-state index contributed by atoms with van der Waals surface area (Å²) in [5, 5.41) is 0. The second kappa shape index (κ2) is 6.59. The zero-order chi connectivity index (χ0) is 13.8. The van der Waals surface area contributed by atoms with Gasteiger partial charge in [0.1, 0.15) is 0 Å². The fourth-order valence-electron chi connectivity index (χ4n) is 1.51. The topological polar surface area (TPSA) is 34.1 Å². The van der Waals surface area contributed by atoms with E-state index < -0.39 is 10.8 Å². The van der Waals surface area contributed by atoms with E-state index in [0.717, 1.165) is 8.95 Å². The monoisotopic (exact) mass is 400 g/mol. The van der Waals surface area contributed by atoms with Crippen LogP contribution in [-0.4, -0.2) is 15.7 Å². The molecule has 2 rings (SSSR count). The molecule has 2 aromatic carbocycles. The van der Waals surface area contributed by atoms with Crippen LogP contribution >= 0.6 is 31.9 Å². The zero-order valence-electron chi connectivity index (χ0n) is 9.81. The van der Waals surface area contributed by atoms with Crippen molar-refractivity contribution < 1.29 is 9.00 Å². The van der Waals surface area contributed by atoms with Crippen LogP contribution in [0, 0.1) is 0 Å². The SMILES string of the molecule is O=C(CS(=O)c1ccc(Br)cc1)c1ccc(Br)cc1. The Morgan fingerprint density at radius 1 is 0.895 bits per heavy atom. The maximum Gasteiger partial charge on any atom is 0.175 e. The first-order valence-electron chi connectivity index (χ1n) is 5.49. The molecule has 0 spiro atoms. The zero-order valence-corrected chi connectivity index (χ0v) is 13.8. The van der Waals surface area contributed by atoms with Crippen LogP contribution in [0.2, 0.25) is 0 Å². The van der Waals surface area contributed by atoms with Crippen LogP contribution < -0.4 is 0 Å². The van der Waals surface area contributed by atoms with Crippen LogP contribution in [-0.2, 0) is 10.8 Å². The maximum atomic E-state index is 12.1. The van der Waals surface area contributed by atoms with E-state index in [9.17, 15) is 9.00 Å². The van der Waals surface area contributed by atoms with Gasteiger partial charge in [-0.1, -0.05) is 44.0 Å². The number of hydrogen-bond acceptors (Lipinski definition) is 2. The third-order valence-electron chi connectivity index (χ3n) is 2.50. The Labute approximate surface area is 130 Å². The van der Waals surface area contributed by atoms with Gasteiger partial charge in [-0.15, -0.1) is 0 Å². The highest BCUT2D eigenvalue weighted by Crippen LogP contribution is 2.15. The van der Waals surface area contributed by atoms with Gasteiger partial charge in [0.25, 0.3) is 0 Å². The molecule has 98 valence electrons. The van der Waals surface area contributed by atoms with Gasteiger partial charge >= 0.3 is 0 Å².